The van der Waals surface area contributed by atoms with Gasteiger partial charge in [-0.3, -0.25) is 33.3 Å². The van der Waals surface area contributed by atoms with E-state index in [1.165, 1.54) is 35.3 Å². The highest BCUT2D eigenvalue weighted by molar-refractivity contribution is 6.23. The number of fused-ring (bicyclic) bond motifs is 1. The average Bonchev–Trinajstić information content (AvgIpc) is 3.14. The minimum atomic E-state index is -2.30. The molecular formula is C20H20N4O7. The summed E-state index contributed by atoms with van der Waals surface area (Å²) < 4.78 is 13.3. The van der Waals surface area contributed by atoms with Gasteiger partial charge in [0.25, 0.3) is 23.0 Å². The van der Waals surface area contributed by atoms with Gasteiger partial charge < -0.3 is 9.47 Å². The molecule has 4 rings (SSSR count). The number of para-hydroxylation sites is 1. The second-order valence-corrected chi connectivity index (χ2v) is 7.45. The number of rotatable bonds is 2. The first kappa shape index (κ1) is 20.4. The van der Waals surface area contributed by atoms with Crippen molar-refractivity contribution in [2.24, 2.45) is 14.1 Å². The molecule has 1 aromatic heterocycles. The number of carbonyl (C=O) groups excluding carboxylic acids is 3. The highest BCUT2D eigenvalue weighted by Crippen LogP contribution is 2.51. The minimum absolute atomic E-state index is 0.0491. The number of carbonyl (C=O) groups is 3. The molecule has 0 radical (unpaired) electrons. The summed E-state index contributed by atoms with van der Waals surface area (Å²) in [5.74, 6) is -3.05. The van der Waals surface area contributed by atoms with Crippen LogP contribution < -0.4 is 20.7 Å². The smallest absolute Gasteiger partial charge is 0.333 e. The maximum absolute atomic E-state index is 13.5. The molecule has 1 atom stereocenters. The van der Waals surface area contributed by atoms with Crippen LogP contribution in [0.25, 0.3) is 0 Å². The fraction of sp³-hybridized carbons (Fsp3) is 0.350. The molecule has 0 bridgehead atoms. The first-order valence-corrected chi connectivity index (χ1v) is 9.31. The number of amides is 4. The molecule has 1 fully saturated rings. The minimum Gasteiger partial charge on any atom is -0.496 e. The lowest BCUT2D eigenvalue weighted by Gasteiger charge is -2.41. The van der Waals surface area contributed by atoms with E-state index in [1.54, 1.807) is 24.3 Å². The Kier molecular flexibility index (Phi) is 4.31. The van der Waals surface area contributed by atoms with Gasteiger partial charge in [0.15, 0.2) is 0 Å². The van der Waals surface area contributed by atoms with Crippen LogP contribution in [0, 0.1) is 0 Å². The third kappa shape index (κ3) is 2.36. The number of methoxy groups -OCH3 is 1. The number of nitrogens with zero attached hydrogens (tertiary/aromatic N) is 4. The Morgan fingerprint density at radius 1 is 0.903 bits per heavy atom. The first-order valence-electron chi connectivity index (χ1n) is 9.31. The average molecular weight is 428 g/mol. The van der Waals surface area contributed by atoms with E-state index in [0.29, 0.717) is 11.3 Å². The van der Waals surface area contributed by atoms with Crippen LogP contribution in [0.2, 0.25) is 0 Å². The first-order chi connectivity index (χ1) is 14.6. The lowest BCUT2D eigenvalue weighted by Crippen LogP contribution is -2.70. The summed E-state index contributed by atoms with van der Waals surface area (Å²) in [6.45, 7) is 0. The molecule has 11 nitrogen and oxygen atoms in total. The summed E-state index contributed by atoms with van der Waals surface area (Å²) in [6, 6.07) is 5.74. The topological polar surface area (TPSA) is 120 Å². The summed E-state index contributed by atoms with van der Waals surface area (Å²) >= 11 is 0. The number of aromatic nitrogens is 2. The van der Waals surface area contributed by atoms with E-state index >= 15 is 0 Å². The van der Waals surface area contributed by atoms with E-state index in [2.05, 4.69) is 0 Å². The van der Waals surface area contributed by atoms with Crippen LogP contribution in [0.15, 0.2) is 33.9 Å². The van der Waals surface area contributed by atoms with Crippen LogP contribution in [-0.2, 0) is 23.7 Å². The number of imide groups is 2. The van der Waals surface area contributed by atoms with Gasteiger partial charge in [-0.25, -0.2) is 9.59 Å². The van der Waals surface area contributed by atoms with Crippen molar-refractivity contribution in [3.63, 3.8) is 0 Å². The third-order valence-corrected chi connectivity index (χ3v) is 5.87. The summed E-state index contributed by atoms with van der Waals surface area (Å²) in [6.07, 6.45) is 0. The molecule has 4 amide bonds. The molecule has 1 unspecified atom stereocenters. The quantitative estimate of drug-likeness (QED) is 0.586. The number of hydrogen-bond acceptors (Lipinski definition) is 7. The Hall–Kier alpha value is -3.89. The zero-order valence-electron chi connectivity index (χ0n) is 17.5. The molecule has 1 spiro atoms. The van der Waals surface area contributed by atoms with Crippen molar-refractivity contribution in [1.29, 1.82) is 0 Å². The Bertz CT molecular complexity index is 1250. The molecule has 0 aliphatic carbocycles. The lowest BCUT2D eigenvalue weighted by atomic mass is 9.76. The van der Waals surface area contributed by atoms with E-state index in [9.17, 15) is 24.0 Å². The lowest BCUT2D eigenvalue weighted by molar-refractivity contribution is -0.164. The molecule has 1 saturated heterocycles. The number of likely N-dealkylation sites (N-methyl/N-ethyl adjacent to an activating group) is 2. The summed E-state index contributed by atoms with van der Waals surface area (Å²) in [7, 11) is 6.51. The number of hydrogen-bond donors (Lipinski definition) is 0. The SMILES string of the molecule is COc1ccccc1C1c2c(n(C)c(=O)n(C)c2=O)OC12C(=O)N(C)C(=O)N(C)C2=O. The third-order valence-electron chi connectivity index (χ3n) is 5.87. The normalized spacial score (nSPS) is 19.6. The number of urea groups is 1. The molecule has 0 N–H and O–H groups in total. The summed E-state index contributed by atoms with van der Waals surface area (Å²) in [5, 5.41) is 0. The predicted octanol–water partition coefficient (Wildman–Crippen LogP) is -0.594. The van der Waals surface area contributed by atoms with Crippen LogP contribution in [0.1, 0.15) is 17.0 Å². The van der Waals surface area contributed by atoms with E-state index in [0.717, 1.165) is 18.9 Å². The maximum Gasteiger partial charge on any atom is 0.333 e. The molecule has 11 heteroatoms. The van der Waals surface area contributed by atoms with Gasteiger partial charge in [0.1, 0.15) is 5.75 Å². The molecule has 1 aromatic carbocycles. The molecule has 0 saturated carbocycles. The van der Waals surface area contributed by atoms with Crippen molar-refractivity contribution in [2.45, 2.75) is 11.5 Å². The number of benzene rings is 1. The van der Waals surface area contributed by atoms with Crippen LogP contribution in [0.4, 0.5) is 4.79 Å². The van der Waals surface area contributed by atoms with E-state index in [-0.39, 0.29) is 11.4 Å². The standard InChI is InChI=1S/C20H20N4O7/c1-21-14(25)12-13(10-8-6-7-9-11(10)30-5)20(31-15(12)22(2)18(21)28)16(26)23(3)19(29)24(4)17(20)27/h6-9,13H,1-5H3. The Morgan fingerprint density at radius 3 is 2.06 bits per heavy atom. The van der Waals surface area contributed by atoms with Gasteiger partial charge in [-0.05, 0) is 6.07 Å². The van der Waals surface area contributed by atoms with E-state index in [1.807, 2.05) is 0 Å². The molecule has 31 heavy (non-hydrogen) atoms. The van der Waals surface area contributed by atoms with Crippen LogP contribution >= 0.6 is 0 Å². The number of barbiturate groups is 1. The van der Waals surface area contributed by atoms with Crippen molar-refractivity contribution in [3.8, 4) is 11.6 Å². The monoisotopic (exact) mass is 428 g/mol. The van der Waals surface area contributed by atoms with Crippen LogP contribution in [-0.4, -0.2) is 63.6 Å². The maximum atomic E-state index is 13.5. The van der Waals surface area contributed by atoms with E-state index in [4.69, 9.17) is 9.47 Å². The molecule has 2 aliphatic heterocycles. The zero-order chi connectivity index (χ0) is 22.8. The molecule has 2 aliphatic rings. The molecular weight excluding hydrogens is 408 g/mol. The zero-order valence-corrected chi connectivity index (χ0v) is 17.5. The Labute approximate surface area is 176 Å². The Balaban J connectivity index is 2.16. The van der Waals surface area contributed by atoms with Gasteiger partial charge in [-0.15, -0.1) is 0 Å². The summed E-state index contributed by atoms with van der Waals surface area (Å²) in [4.78, 5) is 66.5. The van der Waals surface area contributed by atoms with Gasteiger partial charge in [-0.2, -0.15) is 0 Å². The van der Waals surface area contributed by atoms with Gasteiger partial charge in [0.2, 0.25) is 5.88 Å². The van der Waals surface area contributed by atoms with Crippen LogP contribution in [0.3, 0.4) is 0 Å². The van der Waals surface area contributed by atoms with Crippen LogP contribution in [0.5, 0.6) is 11.6 Å². The molecule has 162 valence electrons. The largest absolute Gasteiger partial charge is 0.496 e. The van der Waals surface area contributed by atoms with Gasteiger partial charge >= 0.3 is 11.7 Å². The van der Waals surface area contributed by atoms with Crippen molar-refractivity contribution in [2.75, 3.05) is 21.2 Å². The molecule has 2 aromatic rings. The highest BCUT2D eigenvalue weighted by atomic mass is 16.5. The second-order valence-electron chi connectivity index (χ2n) is 7.45. The number of ether oxygens (including phenoxy) is 2. The fourth-order valence-corrected chi connectivity index (χ4v) is 4.24. The fourth-order valence-electron chi connectivity index (χ4n) is 4.24. The second kappa shape index (κ2) is 6.56. The predicted molar refractivity (Wildman–Crippen MR) is 106 cm³/mol. The Morgan fingerprint density at radius 2 is 1.48 bits per heavy atom. The summed E-state index contributed by atoms with van der Waals surface area (Å²) in [5.41, 5.74) is -3.42. The van der Waals surface area contributed by atoms with Gasteiger partial charge in [0, 0.05) is 33.8 Å². The van der Waals surface area contributed by atoms with Crippen molar-refractivity contribution < 1.29 is 23.9 Å². The van der Waals surface area contributed by atoms with Crippen molar-refractivity contribution in [1.82, 2.24) is 18.9 Å². The van der Waals surface area contributed by atoms with Gasteiger partial charge in [0.05, 0.1) is 18.6 Å². The highest BCUT2D eigenvalue weighted by Gasteiger charge is 2.68. The van der Waals surface area contributed by atoms with Crippen molar-refractivity contribution in [3.05, 3.63) is 56.2 Å². The molecule has 3 heterocycles. The van der Waals surface area contributed by atoms with Crippen molar-refractivity contribution >= 4 is 17.8 Å². The van der Waals surface area contributed by atoms with Gasteiger partial charge in [-0.1, -0.05) is 18.2 Å². The van der Waals surface area contributed by atoms with E-state index < -0.39 is 40.6 Å².